The molecule has 0 saturated carbocycles. The van der Waals surface area contributed by atoms with Gasteiger partial charge in [0.2, 0.25) is 0 Å². The van der Waals surface area contributed by atoms with Gasteiger partial charge in [-0.25, -0.2) is 0 Å². The summed E-state index contributed by atoms with van der Waals surface area (Å²) in [5.74, 6) is -0.156. The van der Waals surface area contributed by atoms with Gasteiger partial charge in [0.25, 0.3) is 5.91 Å². The van der Waals surface area contributed by atoms with Gasteiger partial charge in [-0.3, -0.25) is 14.7 Å². The number of likely N-dealkylation sites (tertiary alicyclic amines) is 1. The first-order chi connectivity index (χ1) is 10.3. The molecule has 6 heteroatoms. The summed E-state index contributed by atoms with van der Waals surface area (Å²) < 4.78 is 4.68. The Bertz CT molecular complexity index is 563. The molecule has 0 atom stereocenters. The second-order valence-electron chi connectivity index (χ2n) is 5.26. The maximum Gasteiger partial charge on any atom is 0.273 e. The van der Waals surface area contributed by atoms with Crippen molar-refractivity contribution < 1.29 is 9.32 Å². The second-order valence-corrected chi connectivity index (χ2v) is 5.26. The van der Waals surface area contributed by atoms with E-state index >= 15 is 0 Å². The van der Waals surface area contributed by atoms with Gasteiger partial charge in [0.05, 0.1) is 0 Å². The number of nitrogens with one attached hydrogen (secondary N) is 1. The maximum atomic E-state index is 11.9. The molecule has 2 aromatic rings. The van der Waals surface area contributed by atoms with Crippen LogP contribution < -0.4 is 5.32 Å². The molecule has 2 aromatic heterocycles. The number of rotatable bonds is 4. The Morgan fingerprint density at radius 2 is 2.05 bits per heavy atom. The Kier molecular flexibility index (Phi) is 4.25. The fourth-order valence-electron chi connectivity index (χ4n) is 2.57. The highest BCUT2D eigenvalue weighted by Gasteiger charge is 2.21. The third-order valence-electron chi connectivity index (χ3n) is 3.75. The van der Waals surface area contributed by atoms with Crippen molar-refractivity contribution >= 4 is 5.91 Å². The SMILES string of the molecule is O=C(NC1CCN(Cc2ccncc2)CC1)c1ccon1. The summed E-state index contributed by atoms with van der Waals surface area (Å²) >= 11 is 0. The van der Waals surface area contributed by atoms with E-state index in [4.69, 9.17) is 0 Å². The van der Waals surface area contributed by atoms with Gasteiger partial charge in [-0.2, -0.15) is 0 Å². The number of carbonyl (C=O) groups excluding carboxylic acids is 1. The quantitative estimate of drug-likeness (QED) is 0.921. The second kappa shape index (κ2) is 6.49. The molecule has 0 unspecified atom stereocenters. The van der Waals surface area contributed by atoms with Crippen molar-refractivity contribution in [3.63, 3.8) is 0 Å². The lowest BCUT2D eigenvalue weighted by Gasteiger charge is -2.32. The fourth-order valence-corrected chi connectivity index (χ4v) is 2.57. The Morgan fingerprint density at radius 1 is 1.29 bits per heavy atom. The van der Waals surface area contributed by atoms with Crippen molar-refractivity contribution in [2.24, 2.45) is 0 Å². The predicted molar refractivity (Wildman–Crippen MR) is 76.5 cm³/mol. The van der Waals surface area contributed by atoms with Crippen LogP contribution in [0, 0.1) is 0 Å². The molecule has 0 bridgehead atoms. The minimum absolute atomic E-state index is 0.156. The summed E-state index contributed by atoms with van der Waals surface area (Å²) in [5.41, 5.74) is 1.62. The summed E-state index contributed by atoms with van der Waals surface area (Å²) in [6, 6.07) is 5.87. The smallest absolute Gasteiger partial charge is 0.273 e. The van der Waals surface area contributed by atoms with Gasteiger partial charge in [-0.05, 0) is 30.5 Å². The third-order valence-corrected chi connectivity index (χ3v) is 3.75. The first-order valence-electron chi connectivity index (χ1n) is 7.14. The van der Waals surface area contributed by atoms with E-state index in [1.807, 2.05) is 24.5 Å². The van der Waals surface area contributed by atoms with E-state index in [1.54, 1.807) is 6.07 Å². The number of piperidine rings is 1. The minimum Gasteiger partial charge on any atom is -0.364 e. The van der Waals surface area contributed by atoms with E-state index in [-0.39, 0.29) is 11.9 Å². The molecular formula is C15H18N4O2. The Morgan fingerprint density at radius 3 is 2.71 bits per heavy atom. The van der Waals surface area contributed by atoms with Crippen molar-refractivity contribution in [3.05, 3.63) is 48.1 Å². The third kappa shape index (κ3) is 3.66. The van der Waals surface area contributed by atoms with Gasteiger partial charge in [0, 0.05) is 44.1 Å². The average Bonchev–Trinajstić information content (AvgIpc) is 3.05. The molecule has 3 rings (SSSR count). The Balaban J connectivity index is 1.46. The van der Waals surface area contributed by atoms with Gasteiger partial charge in [-0.15, -0.1) is 0 Å². The number of nitrogens with zero attached hydrogens (tertiary/aromatic N) is 3. The summed E-state index contributed by atoms with van der Waals surface area (Å²) in [6.07, 6.45) is 6.95. The molecule has 1 N–H and O–H groups in total. The highest BCUT2D eigenvalue weighted by molar-refractivity contribution is 5.92. The molecule has 1 aliphatic heterocycles. The van der Waals surface area contributed by atoms with Crippen molar-refractivity contribution in [1.29, 1.82) is 0 Å². The predicted octanol–water partition coefficient (Wildman–Crippen LogP) is 1.46. The van der Waals surface area contributed by atoms with Gasteiger partial charge in [-0.1, -0.05) is 5.16 Å². The lowest BCUT2D eigenvalue weighted by Crippen LogP contribution is -2.44. The van der Waals surface area contributed by atoms with Gasteiger partial charge < -0.3 is 9.84 Å². The van der Waals surface area contributed by atoms with Crippen molar-refractivity contribution in [2.75, 3.05) is 13.1 Å². The number of pyridine rings is 1. The molecular weight excluding hydrogens is 268 g/mol. The number of hydrogen-bond donors (Lipinski definition) is 1. The molecule has 0 spiro atoms. The van der Waals surface area contributed by atoms with Gasteiger partial charge in [0.15, 0.2) is 5.69 Å². The lowest BCUT2D eigenvalue weighted by atomic mass is 10.0. The standard InChI is InChI=1S/C15H18N4O2/c20-15(14-5-10-21-18-14)17-13-3-8-19(9-4-13)11-12-1-6-16-7-2-12/h1-2,5-7,10,13H,3-4,8-9,11H2,(H,17,20). The molecule has 0 aliphatic carbocycles. The number of amides is 1. The van der Waals surface area contributed by atoms with Crippen molar-refractivity contribution in [2.45, 2.75) is 25.4 Å². The molecule has 0 radical (unpaired) electrons. The summed E-state index contributed by atoms with van der Waals surface area (Å²) in [5, 5.41) is 6.66. The van der Waals surface area contributed by atoms with E-state index in [9.17, 15) is 4.79 Å². The molecule has 3 heterocycles. The molecule has 6 nitrogen and oxygen atoms in total. The highest BCUT2D eigenvalue weighted by atomic mass is 16.5. The zero-order valence-corrected chi connectivity index (χ0v) is 11.7. The maximum absolute atomic E-state index is 11.9. The molecule has 1 aliphatic rings. The monoisotopic (exact) mass is 286 g/mol. The van der Waals surface area contributed by atoms with Crippen LogP contribution in [0.25, 0.3) is 0 Å². The van der Waals surface area contributed by atoms with E-state index in [2.05, 4.69) is 24.9 Å². The summed E-state index contributed by atoms with van der Waals surface area (Å²) in [7, 11) is 0. The van der Waals surface area contributed by atoms with Crippen LogP contribution in [-0.2, 0) is 6.54 Å². The lowest BCUT2D eigenvalue weighted by molar-refractivity contribution is 0.0900. The number of hydrogen-bond acceptors (Lipinski definition) is 5. The first kappa shape index (κ1) is 13.8. The minimum atomic E-state index is -0.156. The van der Waals surface area contributed by atoms with Crippen LogP contribution in [0.15, 0.2) is 41.4 Å². The van der Waals surface area contributed by atoms with Crippen LogP contribution in [0.3, 0.4) is 0 Å². The van der Waals surface area contributed by atoms with Crippen LogP contribution >= 0.6 is 0 Å². The molecule has 0 aromatic carbocycles. The summed E-state index contributed by atoms with van der Waals surface area (Å²) in [6.45, 7) is 2.89. The van der Waals surface area contributed by atoms with E-state index in [1.165, 1.54) is 11.8 Å². The fraction of sp³-hybridized carbons (Fsp3) is 0.400. The van der Waals surface area contributed by atoms with Crippen molar-refractivity contribution in [1.82, 2.24) is 20.4 Å². The van der Waals surface area contributed by atoms with E-state index in [0.717, 1.165) is 32.5 Å². The topological polar surface area (TPSA) is 71.3 Å². The molecule has 110 valence electrons. The first-order valence-corrected chi connectivity index (χ1v) is 7.14. The van der Waals surface area contributed by atoms with Crippen molar-refractivity contribution in [3.8, 4) is 0 Å². The zero-order chi connectivity index (χ0) is 14.5. The van der Waals surface area contributed by atoms with E-state index in [0.29, 0.717) is 5.69 Å². The average molecular weight is 286 g/mol. The number of carbonyl (C=O) groups is 1. The highest BCUT2D eigenvalue weighted by Crippen LogP contribution is 2.14. The van der Waals surface area contributed by atoms with Crippen LogP contribution in [0.4, 0.5) is 0 Å². The molecule has 1 saturated heterocycles. The Hall–Kier alpha value is -2.21. The molecule has 1 amide bonds. The zero-order valence-electron chi connectivity index (χ0n) is 11.7. The van der Waals surface area contributed by atoms with Crippen LogP contribution in [-0.4, -0.2) is 40.1 Å². The number of aromatic nitrogens is 2. The normalized spacial score (nSPS) is 16.8. The van der Waals surface area contributed by atoms with Crippen LogP contribution in [0.2, 0.25) is 0 Å². The Labute approximate surface area is 123 Å². The van der Waals surface area contributed by atoms with Crippen LogP contribution in [0.5, 0.6) is 0 Å². The molecule has 1 fully saturated rings. The van der Waals surface area contributed by atoms with Gasteiger partial charge in [0.1, 0.15) is 6.26 Å². The van der Waals surface area contributed by atoms with Gasteiger partial charge >= 0.3 is 0 Å². The largest absolute Gasteiger partial charge is 0.364 e. The van der Waals surface area contributed by atoms with E-state index < -0.39 is 0 Å². The molecule has 21 heavy (non-hydrogen) atoms. The summed E-state index contributed by atoms with van der Waals surface area (Å²) in [4.78, 5) is 18.3. The van der Waals surface area contributed by atoms with Crippen LogP contribution in [0.1, 0.15) is 28.9 Å².